The van der Waals surface area contributed by atoms with Crippen molar-refractivity contribution in [2.75, 3.05) is 17.7 Å². The maximum atomic E-state index is 11.5. The SMILES string of the molecule is COC(=O)c1scnc1NC(=S)Nc1ccc(Cl)cc1. The van der Waals surface area contributed by atoms with Crippen LogP contribution in [0.5, 0.6) is 0 Å². The highest BCUT2D eigenvalue weighted by Gasteiger charge is 2.15. The van der Waals surface area contributed by atoms with Crippen molar-refractivity contribution in [2.24, 2.45) is 0 Å². The second-order valence-corrected chi connectivity index (χ2v) is 5.31. The molecule has 0 unspecified atom stereocenters. The van der Waals surface area contributed by atoms with Crippen LogP contribution in [0, 0.1) is 0 Å². The summed E-state index contributed by atoms with van der Waals surface area (Å²) < 4.78 is 4.66. The fourth-order valence-electron chi connectivity index (χ4n) is 1.38. The maximum absolute atomic E-state index is 11.5. The van der Waals surface area contributed by atoms with Crippen molar-refractivity contribution in [3.05, 3.63) is 39.7 Å². The molecule has 104 valence electrons. The summed E-state index contributed by atoms with van der Waals surface area (Å²) >= 11 is 12.1. The average Bonchev–Trinajstić information content (AvgIpc) is 2.88. The molecule has 0 radical (unpaired) electrons. The van der Waals surface area contributed by atoms with Crippen LogP contribution < -0.4 is 10.6 Å². The van der Waals surface area contributed by atoms with E-state index in [4.69, 9.17) is 23.8 Å². The number of esters is 1. The van der Waals surface area contributed by atoms with E-state index < -0.39 is 5.97 Å². The molecule has 0 aliphatic heterocycles. The fraction of sp³-hybridized carbons (Fsp3) is 0.0833. The van der Waals surface area contributed by atoms with Crippen LogP contribution in [0.15, 0.2) is 29.8 Å². The maximum Gasteiger partial charge on any atom is 0.351 e. The minimum atomic E-state index is -0.454. The molecule has 1 aromatic carbocycles. The van der Waals surface area contributed by atoms with E-state index in [-0.39, 0.29) is 0 Å². The lowest BCUT2D eigenvalue weighted by atomic mass is 10.3. The number of benzene rings is 1. The summed E-state index contributed by atoms with van der Waals surface area (Å²) in [6.45, 7) is 0. The van der Waals surface area contributed by atoms with Crippen LogP contribution in [-0.4, -0.2) is 23.2 Å². The zero-order valence-corrected chi connectivity index (χ0v) is 12.7. The van der Waals surface area contributed by atoms with E-state index in [1.807, 2.05) is 0 Å². The molecule has 20 heavy (non-hydrogen) atoms. The molecule has 0 amide bonds. The van der Waals surface area contributed by atoms with Crippen LogP contribution in [0.1, 0.15) is 9.67 Å². The third kappa shape index (κ3) is 3.66. The summed E-state index contributed by atoms with van der Waals surface area (Å²) in [6, 6.07) is 7.07. The Morgan fingerprint density at radius 3 is 2.70 bits per heavy atom. The van der Waals surface area contributed by atoms with E-state index in [0.717, 1.165) is 5.69 Å². The number of methoxy groups -OCH3 is 1. The molecule has 1 aromatic heterocycles. The normalized spacial score (nSPS) is 9.90. The van der Waals surface area contributed by atoms with Crippen LogP contribution in [0.3, 0.4) is 0 Å². The number of nitrogens with one attached hydrogen (secondary N) is 2. The van der Waals surface area contributed by atoms with Crippen molar-refractivity contribution >= 4 is 57.7 Å². The van der Waals surface area contributed by atoms with Gasteiger partial charge < -0.3 is 15.4 Å². The molecule has 0 bridgehead atoms. The van der Waals surface area contributed by atoms with Crippen LogP contribution in [0.2, 0.25) is 5.02 Å². The fourth-order valence-corrected chi connectivity index (χ4v) is 2.37. The van der Waals surface area contributed by atoms with Crippen molar-refractivity contribution < 1.29 is 9.53 Å². The van der Waals surface area contributed by atoms with Gasteiger partial charge in [-0.25, -0.2) is 9.78 Å². The molecule has 0 saturated carbocycles. The highest BCUT2D eigenvalue weighted by atomic mass is 35.5. The van der Waals surface area contributed by atoms with Crippen LogP contribution in [0.25, 0.3) is 0 Å². The van der Waals surface area contributed by atoms with E-state index in [9.17, 15) is 4.79 Å². The Morgan fingerprint density at radius 1 is 1.35 bits per heavy atom. The monoisotopic (exact) mass is 327 g/mol. The summed E-state index contributed by atoms with van der Waals surface area (Å²) in [5.41, 5.74) is 2.32. The molecule has 5 nitrogen and oxygen atoms in total. The zero-order chi connectivity index (χ0) is 14.5. The van der Waals surface area contributed by atoms with E-state index >= 15 is 0 Å². The Morgan fingerprint density at radius 2 is 2.05 bits per heavy atom. The number of anilines is 2. The third-order valence-corrected chi connectivity index (χ3v) is 3.53. The van der Waals surface area contributed by atoms with Gasteiger partial charge in [-0.1, -0.05) is 11.6 Å². The topological polar surface area (TPSA) is 63.2 Å². The predicted octanol–water partition coefficient (Wildman–Crippen LogP) is 3.39. The van der Waals surface area contributed by atoms with E-state index in [0.29, 0.717) is 20.8 Å². The Hall–Kier alpha value is -1.70. The smallest absolute Gasteiger partial charge is 0.351 e. The number of hydrogen-bond acceptors (Lipinski definition) is 5. The summed E-state index contributed by atoms with van der Waals surface area (Å²) in [4.78, 5) is 15.9. The van der Waals surface area contributed by atoms with Crippen molar-refractivity contribution in [1.82, 2.24) is 4.98 Å². The minimum absolute atomic E-state index is 0.323. The number of thiocarbonyl (C=S) groups is 1. The molecule has 0 aliphatic carbocycles. The van der Waals surface area contributed by atoms with Crippen molar-refractivity contribution in [3.8, 4) is 0 Å². The number of carbonyl (C=O) groups is 1. The van der Waals surface area contributed by atoms with Gasteiger partial charge in [-0.05, 0) is 36.5 Å². The first kappa shape index (κ1) is 14.7. The number of ether oxygens (including phenoxy) is 1. The van der Waals surface area contributed by atoms with Gasteiger partial charge in [-0.2, -0.15) is 0 Å². The highest BCUT2D eigenvalue weighted by molar-refractivity contribution is 7.80. The molecule has 0 fully saturated rings. The highest BCUT2D eigenvalue weighted by Crippen LogP contribution is 2.20. The molecule has 0 spiro atoms. The lowest BCUT2D eigenvalue weighted by Crippen LogP contribution is -2.20. The zero-order valence-electron chi connectivity index (χ0n) is 10.3. The van der Waals surface area contributed by atoms with Crippen molar-refractivity contribution in [3.63, 3.8) is 0 Å². The van der Waals surface area contributed by atoms with Gasteiger partial charge in [0.25, 0.3) is 0 Å². The molecule has 1 heterocycles. The second-order valence-electron chi connectivity index (χ2n) is 3.61. The molecule has 2 rings (SSSR count). The second kappa shape index (κ2) is 6.65. The molecule has 0 aliphatic rings. The van der Waals surface area contributed by atoms with Crippen molar-refractivity contribution in [1.29, 1.82) is 0 Å². The van der Waals surface area contributed by atoms with Gasteiger partial charge in [-0.3, -0.25) is 0 Å². The first-order valence-corrected chi connectivity index (χ1v) is 7.12. The van der Waals surface area contributed by atoms with Gasteiger partial charge in [-0.15, -0.1) is 11.3 Å². The Labute approximate surface area is 129 Å². The van der Waals surface area contributed by atoms with Gasteiger partial charge in [0.05, 0.1) is 12.6 Å². The molecule has 2 aromatic rings. The first-order chi connectivity index (χ1) is 9.60. The number of hydrogen-bond donors (Lipinski definition) is 2. The molecular formula is C12H10ClN3O2S2. The van der Waals surface area contributed by atoms with Gasteiger partial charge in [0.1, 0.15) is 0 Å². The summed E-state index contributed by atoms with van der Waals surface area (Å²) in [6.07, 6.45) is 0. The van der Waals surface area contributed by atoms with Crippen LogP contribution in [-0.2, 0) is 4.74 Å². The number of thiazole rings is 1. The standard InChI is InChI=1S/C12H10ClN3O2S2/c1-18-11(17)9-10(14-6-20-9)16-12(19)15-8-4-2-7(13)3-5-8/h2-6H,1H3,(H2,15,16,19). The quantitative estimate of drug-likeness (QED) is 0.665. The number of aromatic nitrogens is 1. The average molecular weight is 328 g/mol. The molecule has 8 heteroatoms. The molecule has 0 atom stereocenters. The van der Waals surface area contributed by atoms with Crippen LogP contribution in [0.4, 0.5) is 11.5 Å². The summed E-state index contributed by atoms with van der Waals surface area (Å²) in [5, 5.41) is 6.78. The lowest BCUT2D eigenvalue weighted by molar-refractivity contribution is 0.0607. The number of carbonyl (C=O) groups excluding carboxylic acids is 1. The lowest BCUT2D eigenvalue weighted by Gasteiger charge is -2.09. The van der Waals surface area contributed by atoms with Gasteiger partial charge in [0.2, 0.25) is 0 Å². The van der Waals surface area contributed by atoms with Gasteiger partial charge in [0.15, 0.2) is 15.8 Å². The van der Waals surface area contributed by atoms with Gasteiger partial charge >= 0.3 is 5.97 Å². The number of halogens is 1. The van der Waals surface area contributed by atoms with E-state index in [2.05, 4.69) is 20.4 Å². The number of rotatable bonds is 3. The van der Waals surface area contributed by atoms with Crippen LogP contribution >= 0.6 is 35.2 Å². The Kier molecular flexibility index (Phi) is 4.89. The minimum Gasteiger partial charge on any atom is -0.465 e. The first-order valence-electron chi connectivity index (χ1n) is 5.45. The molecule has 0 saturated heterocycles. The Bertz CT molecular complexity index is 628. The van der Waals surface area contributed by atoms with E-state index in [1.165, 1.54) is 18.4 Å². The van der Waals surface area contributed by atoms with Gasteiger partial charge in [0, 0.05) is 10.7 Å². The summed E-state index contributed by atoms with van der Waals surface area (Å²) in [5.74, 6) is -0.0855. The summed E-state index contributed by atoms with van der Waals surface area (Å²) in [7, 11) is 1.32. The molecular weight excluding hydrogens is 318 g/mol. The largest absolute Gasteiger partial charge is 0.465 e. The third-order valence-electron chi connectivity index (χ3n) is 2.27. The molecule has 2 N–H and O–H groups in total. The predicted molar refractivity (Wildman–Crippen MR) is 84.7 cm³/mol. The number of nitrogens with zero attached hydrogens (tertiary/aromatic N) is 1. The van der Waals surface area contributed by atoms with E-state index in [1.54, 1.807) is 29.8 Å². The van der Waals surface area contributed by atoms with Crippen molar-refractivity contribution in [2.45, 2.75) is 0 Å². The Balaban J connectivity index is 2.03.